The molecule has 0 heterocycles. The minimum Gasteiger partial charge on any atom is -0.396 e. The van der Waals surface area contributed by atoms with Gasteiger partial charge in [0.05, 0.1) is 0 Å². The molecule has 0 saturated carbocycles. The fourth-order valence-electron chi connectivity index (χ4n) is 1.80. The van der Waals surface area contributed by atoms with Crippen molar-refractivity contribution in [2.24, 2.45) is 5.92 Å². The fraction of sp³-hybridized carbons (Fsp3) is 0.846. The highest BCUT2D eigenvalue weighted by atomic mass is 16.3. The van der Waals surface area contributed by atoms with Crippen molar-refractivity contribution >= 4 is 0 Å². The Morgan fingerprint density at radius 2 is 2.00 bits per heavy atom. The van der Waals surface area contributed by atoms with E-state index in [-0.39, 0.29) is 0 Å². The molecule has 84 valence electrons. The molecule has 1 nitrogen and oxygen atoms in total. The smallest absolute Gasteiger partial charge is 0.0436 e. The third-order valence-electron chi connectivity index (χ3n) is 2.89. The van der Waals surface area contributed by atoms with Gasteiger partial charge in [0.2, 0.25) is 0 Å². The van der Waals surface area contributed by atoms with Gasteiger partial charge in [-0.05, 0) is 38.5 Å². The number of aliphatic hydroxyl groups is 1. The molecular formula is C13H26O. The molecule has 0 aromatic heterocycles. The quantitative estimate of drug-likeness (QED) is 0.463. The fourth-order valence-corrected chi connectivity index (χ4v) is 1.80. The minimum atomic E-state index is 0.318. The Balaban J connectivity index is 3.80. The maximum atomic E-state index is 8.90. The first-order valence-electron chi connectivity index (χ1n) is 6.03. The van der Waals surface area contributed by atoms with E-state index in [1.165, 1.54) is 31.3 Å². The summed E-state index contributed by atoms with van der Waals surface area (Å²) in [5.74, 6) is 0.599. The average molecular weight is 198 g/mol. The molecule has 0 aliphatic heterocycles. The lowest BCUT2D eigenvalue weighted by atomic mass is 9.93. The topological polar surface area (TPSA) is 20.2 Å². The molecule has 0 rings (SSSR count). The molecule has 0 bridgehead atoms. The number of hydrogen-bond acceptors (Lipinski definition) is 1. The van der Waals surface area contributed by atoms with E-state index in [0.29, 0.717) is 12.5 Å². The van der Waals surface area contributed by atoms with Crippen molar-refractivity contribution in [3.8, 4) is 0 Å². The number of aliphatic hydroxyl groups excluding tert-OH is 1. The van der Waals surface area contributed by atoms with Crippen LogP contribution in [0.3, 0.4) is 0 Å². The van der Waals surface area contributed by atoms with E-state index in [1.807, 2.05) is 0 Å². The maximum Gasteiger partial charge on any atom is 0.0436 e. The van der Waals surface area contributed by atoms with Gasteiger partial charge in [-0.3, -0.25) is 0 Å². The second kappa shape index (κ2) is 9.26. The summed E-state index contributed by atoms with van der Waals surface area (Å²) < 4.78 is 0. The van der Waals surface area contributed by atoms with Gasteiger partial charge in [0.1, 0.15) is 0 Å². The minimum absolute atomic E-state index is 0.318. The summed E-state index contributed by atoms with van der Waals surface area (Å²) >= 11 is 0. The van der Waals surface area contributed by atoms with E-state index in [4.69, 9.17) is 5.11 Å². The van der Waals surface area contributed by atoms with Gasteiger partial charge in [-0.15, -0.1) is 0 Å². The van der Waals surface area contributed by atoms with Crippen molar-refractivity contribution in [3.63, 3.8) is 0 Å². The van der Waals surface area contributed by atoms with Gasteiger partial charge in [0.15, 0.2) is 0 Å². The first-order valence-corrected chi connectivity index (χ1v) is 6.03. The Bertz CT molecular complexity index is 149. The molecule has 0 fully saturated rings. The number of allylic oxidation sites excluding steroid dienone is 2. The third kappa shape index (κ3) is 6.20. The largest absolute Gasteiger partial charge is 0.396 e. The predicted octanol–water partition coefficient (Wildman–Crippen LogP) is 3.92. The Hall–Kier alpha value is -0.300. The molecule has 0 saturated heterocycles. The summed E-state index contributed by atoms with van der Waals surface area (Å²) in [5, 5.41) is 8.90. The highest BCUT2D eigenvalue weighted by Gasteiger charge is 2.06. The molecule has 14 heavy (non-hydrogen) atoms. The summed E-state index contributed by atoms with van der Waals surface area (Å²) in [4.78, 5) is 0. The van der Waals surface area contributed by atoms with Crippen molar-refractivity contribution in [3.05, 3.63) is 11.6 Å². The summed E-state index contributed by atoms with van der Waals surface area (Å²) in [6.07, 6.45) is 9.58. The summed E-state index contributed by atoms with van der Waals surface area (Å²) in [7, 11) is 0. The number of unbranched alkanes of at least 4 members (excludes halogenated alkanes) is 3. The Morgan fingerprint density at radius 3 is 2.50 bits per heavy atom. The molecule has 0 aliphatic rings. The van der Waals surface area contributed by atoms with Crippen LogP contribution < -0.4 is 0 Å². The monoisotopic (exact) mass is 198 g/mol. The van der Waals surface area contributed by atoms with Gasteiger partial charge in [0.25, 0.3) is 0 Å². The Kier molecular flexibility index (Phi) is 9.06. The van der Waals surface area contributed by atoms with E-state index in [9.17, 15) is 0 Å². The van der Waals surface area contributed by atoms with Crippen molar-refractivity contribution < 1.29 is 5.11 Å². The molecule has 1 unspecified atom stereocenters. The molecule has 1 N–H and O–H groups in total. The Labute approximate surface area is 89.2 Å². The standard InChI is InChI=1S/C13H26O/c1-4-6-7-8-9-12(3)13(5-2)10-11-14/h9,13-14H,4-8,10-11H2,1-3H3/b12-9+. The van der Waals surface area contributed by atoms with E-state index >= 15 is 0 Å². The molecule has 1 heteroatoms. The maximum absolute atomic E-state index is 8.90. The second-order valence-electron chi connectivity index (χ2n) is 4.06. The lowest BCUT2D eigenvalue weighted by molar-refractivity contribution is 0.265. The highest BCUT2D eigenvalue weighted by Crippen LogP contribution is 2.19. The molecule has 0 amide bonds. The lowest BCUT2D eigenvalue weighted by Crippen LogP contribution is -2.03. The van der Waals surface area contributed by atoms with Gasteiger partial charge in [-0.1, -0.05) is 38.3 Å². The molecule has 1 atom stereocenters. The van der Waals surface area contributed by atoms with Gasteiger partial charge in [-0.2, -0.15) is 0 Å². The van der Waals surface area contributed by atoms with Crippen LogP contribution in [0.15, 0.2) is 11.6 Å². The predicted molar refractivity (Wildman–Crippen MR) is 63.4 cm³/mol. The number of rotatable bonds is 8. The van der Waals surface area contributed by atoms with Gasteiger partial charge >= 0.3 is 0 Å². The molecule has 0 aliphatic carbocycles. The summed E-state index contributed by atoms with van der Waals surface area (Å²) in [6, 6.07) is 0. The van der Waals surface area contributed by atoms with E-state index in [0.717, 1.165) is 12.8 Å². The molecule has 0 aromatic carbocycles. The van der Waals surface area contributed by atoms with Crippen LogP contribution in [0.25, 0.3) is 0 Å². The van der Waals surface area contributed by atoms with E-state index in [2.05, 4.69) is 26.8 Å². The second-order valence-corrected chi connectivity index (χ2v) is 4.06. The summed E-state index contributed by atoms with van der Waals surface area (Å²) in [5.41, 5.74) is 1.47. The van der Waals surface area contributed by atoms with Gasteiger partial charge in [-0.25, -0.2) is 0 Å². The highest BCUT2D eigenvalue weighted by molar-refractivity contribution is 5.02. The van der Waals surface area contributed by atoms with Crippen LogP contribution in [-0.2, 0) is 0 Å². The first-order chi connectivity index (χ1) is 6.76. The zero-order chi connectivity index (χ0) is 10.8. The zero-order valence-corrected chi connectivity index (χ0v) is 10.1. The molecule has 0 aromatic rings. The van der Waals surface area contributed by atoms with Crippen LogP contribution in [0.1, 0.15) is 59.3 Å². The normalized spacial score (nSPS) is 14.4. The summed E-state index contributed by atoms with van der Waals surface area (Å²) in [6.45, 7) is 6.95. The van der Waals surface area contributed by atoms with Crippen LogP contribution in [0.2, 0.25) is 0 Å². The van der Waals surface area contributed by atoms with Crippen molar-refractivity contribution in [1.82, 2.24) is 0 Å². The molecule has 0 spiro atoms. The van der Waals surface area contributed by atoms with Crippen molar-refractivity contribution in [2.45, 2.75) is 59.3 Å². The van der Waals surface area contributed by atoms with Crippen LogP contribution in [0.4, 0.5) is 0 Å². The average Bonchev–Trinajstić information content (AvgIpc) is 2.20. The molecular weight excluding hydrogens is 172 g/mol. The van der Waals surface area contributed by atoms with Gasteiger partial charge < -0.3 is 5.11 Å². The third-order valence-corrected chi connectivity index (χ3v) is 2.89. The SMILES string of the molecule is CCCCC/C=C(\C)C(CC)CCO. The van der Waals surface area contributed by atoms with E-state index < -0.39 is 0 Å². The number of hydrogen-bond donors (Lipinski definition) is 1. The Morgan fingerprint density at radius 1 is 1.29 bits per heavy atom. The van der Waals surface area contributed by atoms with E-state index in [1.54, 1.807) is 0 Å². The van der Waals surface area contributed by atoms with Crippen LogP contribution >= 0.6 is 0 Å². The first kappa shape index (κ1) is 13.7. The van der Waals surface area contributed by atoms with Gasteiger partial charge in [0, 0.05) is 6.61 Å². The van der Waals surface area contributed by atoms with Crippen LogP contribution in [-0.4, -0.2) is 11.7 Å². The van der Waals surface area contributed by atoms with Crippen LogP contribution in [0, 0.1) is 5.92 Å². The van der Waals surface area contributed by atoms with Crippen molar-refractivity contribution in [1.29, 1.82) is 0 Å². The molecule has 0 radical (unpaired) electrons. The van der Waals surface area contributed by atoms with Crippen molar-refractivity contribution in [2.75, 3.05) is 6.61 Å². The van der Waals surface area contributed by atoms with Crippen LogP contribution in [0.5, 0.6) is 0 Å². The zero-order valence-electron chi connectivity index (χ0n) is 10.1. The lowest BCUT2D eigenvalue weighted by Gasteiger charge is -2.14.